The van der Waals surface area contributed by atoms with E-state index in [0.29, 0.717) is 0 Å². The summed E-state index contributed by atoms with van der Waals surface area (Å²) in [4.78, 5) is 31.5. The number of aliphatic carboxylic acids is 3. The summed E-state index contributed by atoms with van der Waals surface area (Å²) in [5.41, 5.74) is -3.09. The summed E-state index contributed by atoms with van der Waals surface area (Å²) in [6, 6.07) is 0. The zero-order chi connectivity index (χ0) is 13.9. The van der Waals surface area contributed by atoms with Crippen LogP contribution in [0, 0.1) is 0 Å². The van der Waals surface area contributed by atoms with Crippen molar-refractivity contribution in [3.8, 4) is 0 Å². The third-order valence-electron chi connectivity index (χ3n) is 1.53. The Hall–Kier alpha value is 0.280. The second kappa shape index (κ2) is 9.26. The Balaban J connectivity index is -0.00000128. The summed E-state index contributed by atoms with van der Waals surface area (Å²) >= 11 is 0. The van der Waals surface area contributed by atoms with Gasteiger partial charge in [-0.3, -0.25) is 14.1 Å². The first-order valence-corrected chi connectivity index (χ1v) is 5.20. The van der Waals surface area contributed by atoms with Crippen LogP contribution in [0.5, 0.6) is 0 Å². The third-order valence-corrected chi connectivity index (χ3v) is 2.06. The molecule has 0 bridgehead atoms. The van der Waals surface area contributed by atoms with Crippen LogP contribution in [0.1, 0.15) is 12.8 Å². The van der Waals surface area contributed by atoms with Gasteiger partial charge in [0.2, 0.25) is 5.60 Å². The summed E-state index contributed by atoms with van der Waals surface area (Å²) in [6.45, 7) is 0. The molecule has 0 aliphatic heterocycles. The molecule has 0 aromatic heterocycles. The quantitative estimate of drug-likeness (QED) is 0.285. The topological polar surface area (TPSA) is 175 Å². The first-order chi connectivity index (χ1) is 7.48. The summed E-state index contributed by atoms with van der Waals surface area (Å²) in [5, 5.41) is 25.4. The van der Waals surface area contributed by atoms with E-state index in [1.165, 1.54) is 0 Å². The second-order valence-electron chi connectivity index (χ2n) is 2.95. The molecular formula is C6H10Na2O10S. The minimum atomic E-state index is -5.33. The Labute approximate surface area is 151 Å². The van der Waals surface area contributed by atoms with Crippen LogP contribution in [0.4, 0.5) is 0 Å². The maximum atomic E-state index is 10.7. The predicted molar refractivity (Wildman–Crippen MR) is 61.8 cm³/mol. The van der Waals surface area contributed by atoms with Gasteiger partial charge in [-0.15, -0.1) is 0 Å². The SMILES string of the molecule is O=C(O)CC(CC(=O)O)(OS(=O)(=O)O)C(=O)O.[NaH].[NaH]. The molecule has 0 amide bonds. The first-order valence-electron chi connectivity index (χ1n) is 3.83. The number of hydrogen-bond donors (Lipinski definition) is 4. The fourth-order valence-electron chi connectivity index (χ4n) is 0.998. The van der Waals surface area contributed by atoms with Crippen molar-refractivity contribution in [2.24, 2.45) is 0 Å². The van der Waals surface area contributed by atoms with E-state index in [1.807, 2.05) is 0 Å². The number of carboxylic acid groups (broad SMARTS) is 3. The van der Waals surface area contributed by atoms with Gasteiger partial charge in [0.25, 0.3) is 0 Å². The van der Waals surface area contributed by atoms with Crippen molar-refractivity contribution >= 4 is 87.4 Å². The Morgan fingerprint density at radius 2 is 1.26 bits per heavy atom. The molecule has 4 N–H and O–H groups in total. The molecule has 13 heteroatoms. The molecule has 0 aliphatic carbocycles. The average molecular weight is 320 g/mol. The van der Waals surface area contributed by atoms with Crippen LogP contribution in [-0.4, -0.2) is 111 Å². The molecule has 0 saturated carbocycles. The molecule has 10 nitrogen and oxygen atoms in total. The van der Waals surface area contributed by atoms with Gasteiger partial charge in [0.1, 0.15) is 0 Å². The van der Waals surface area contributed by atoms with E-state index in [-0.39, 0.29) is 59.1 Å². The Morgan fingerprint density at radius 1 is 0.947 bits per heavy atom. The van der Waals surface area contributed by atoms with Gasteiger partial charge in [-0.1, -0.05) is 0 Å². The molecule has 0 atom stereocenters. The normalized spacial score (nSPS) is 10.8. The van der Waals surface area contributed by atoms with Gasteiger partial charge < -0.3 is 15.3 Å². The van der Waals surface area contributed by atoms with Crippen molar-refractivity contribution in [1.82, 2.24) is 0 Å². The molecule has 0 spiro atoms. The van der Waals surface area contributed by atoms with E-state index in [4.69, 9.17) is 19.9 Å². The van der Waals surface area contributed by atoms with Crippen molar-refractivity contribution in [3.05, 3.63) is 0 Å². The van der Waals surface area contributed by atoms with Crippen LogP contribution >= 0.6 is 0 Å². The monoisotopic (exact) mass is 320 g/mol. The fraction of sp³-hybridized carbons (Fsp3) is 0.500. The van der Waals surface area contributed by atoms with Gasteiger partial charge in [0.15, 0.2) is 0 Å². The van der Waals surface area contributed by atoms with Gasteiger partial charge in [-0.2, -0.15) is 8.42 Å². The van der Waals surface area contributed by atoms with Crippen LogP contribution < -0.4 is 0 Å². The number of carbonyl (C=O) groups is 3. The molecule has 0 saturated heterocycles. The fourth-order valence-corrected chi connectivity index (χ4v) is 1.59. The maximum absolute atomic E-state index is 10.7. The van der Waals surface area contributed by atoms with E-state index in [1.54, 1.807) is 0 Å². The molecule has 102 valence electrons. The molecule has 0 aliphatic rings. The van der Waals surface area contributed by atoms with Crippen molar-refractivity contribution < 1.29 is 46.9 Å². The van der Waals surface area contributed by atoms with Crippen LogP contribution in [-0.2, 0) is 29.0 Å². The molecule has 0 radical (unpaired) electrons. The Bertz CT molecular complexity index is 427. The van der Waals surface area contributed by atoms with Crippen molar-refractivity contribution in [2.75, 3.05) is 0 Å². The van der Waals surface area contributed by atoms with Gasteiger partial charge in [0, 0.05) is 0 Å². The van der Waals surface area contributed by atoms with Gasteiger partial charge in [-0.05, 0) is 0 Å². The van der Waals surface area contributed by atoms with Gasteiger partial charge in [-0.25, -0.2) is 8.98 Å². The zero-order valence-corrected chi connectivity index (χ0v) is 8.88. The van der Waals surface area contributed by atoms with E-state index < -0.39 is 46.7 Å². The Morgan fingerprint density at radius 3 is 1.42 bits per heavy atom. The summed E-state index contributed by atoms with van der Waals surface area (Å²) in [7, 11) is -5.33. The van der Waals surface area contributed by atoms with E-state index in [2.05, 4.69) is 4.18 Å². The second-order valence-corrected chi connectivity index (χ2v) is 3.97. The van der Waals surface area contributed by atoms with Crippen LogP contribution in [0.25, 0.3) is 0 Å². The minimum absolute atomic E-state index is 0. The number of rotatable bonds is 7. The molecule has 0 unspecified atom stereocenters. The molecule has 0 heterocycles. The van der Waals surface area contributed by atoms with E-state index in [9.17, 15) is 22.8 Å². The van der Waals surface area contributed by atoms with Crippen LogP contribution in [0.2, 0.25) is 0 Å². The first kappa shape index (κ1) is 24.3. The molecule has 0 aromatic carbocycles. The molecule has 0 rings (SSSR count). The average Bonchev–Trinajstić information content (AvgIpc) is 1.96. The number of carboxylic acids is 3. The molecule has 19 heavy (non-hydrogen) atoms. The van der Waals surface area contributed by atoms with Crippen LogP contribution in [0.15, 0.2) is 0 Å². The number of hydrogen-bond acceptors (Lipinski definition) is 6. The summed E-state index contributed by atoms with van der Waals surface area (Å²) in [5.74, 6) is -5.76. The summed E-state index contributed by atoms with van der Waals surface area (Å²) < 4.78 is 32.8. The molecular weight excluding hydrogens is 310 g/mol. The van der Waals surface area contributed by atoms with E-state index in [0.717, 1.165) is 0 Å². The Kier molecular flexibility index (Phi) is 11.8. The predicted octanol–water partition coefficient (Wildman–Crippen LogP) is -2.72. The van der Waals surface area contributed by atoms with Crippen LogP contribution in [0.3, 0.4) is 0 Å². The summed E-state index contributed by atoms with van der Waals surface area (Å²) in [6.07, 6.45) is -2.90. The van der Waals surface area contributed by atoms with Crippen molar-refractivity contribution in [2.45, 2.75) is 18.4 Å². The zero-order valence-electron chi connectivity index (χ0n) is 8.06. The molecule has 0 aromatic rings. The third kappa shape index (κ3) is 9.76. The van der Waals surface area contributed by atoms with Crippen molar-refractivity contribution in [3.63, 3.8) is 0 Å². The van der Waals surface area contributed by atoms with Gasteiger partial charge >= 0.3 is 87.4 Å². The standard InChI is InChI=1S/C6H8O10S.2Na.2H/c7-3(8)1-6(5(11)12,2-4(9)10)16-17(13,14)15;;;;/h1-2H2,(H,7,8)(H,9,10)(H,11,12)(H,13,14,15);;;;. The molecule has 0 fully saturated rings. The van der Waals surface area contributed by atoms with Gasteiger partial charge in [0.05, 0.1) is 12.8 Å². The van der Waals surface area contributed by atoms with Crippen molar-refractivity contribution in [1.29, 1.82) is 0 Å². The van der Waals surface area contributed by atoms with E-state index >= 15 is 0 Å².